The lowest BCUT2D eigenvalue weighted by atomic mass is 9.89. The van der Waals surface area contributed by atoms with Gasteiger partial charge in [0.05, 0.1) is 18.2 Å². The second-order valence-electron chi connectivity index (χ2n) is 6.21. The van der Waals surface area contributed by atoms with Crippen molar-refractivity contribution in [3.05, 3.63) is 28.7 Å². The number of imide groups is 1. The van der Waals surface area contributed by atoms with E-state index in [9.17, 15) is 9.59 Å². The van der Waals surface area contributed by atoms with Crippen LogP contribution in [0.4, 0.5) is 5.69 Å². The number of anilines is 1. The Labute approximate surface area is 139 Å². The second-order valence-corrected chi connectivity index (χ2v) is 7.13. The van der Waals surface area contributed by atoms with Gasteiger partial charge in [-0.2, -0.15) is 0 Å². The largest absolute Gasteiger partial charge is 0.305 e. The van der Waals surface area contributed by atoms with Crippen molar-refractivity contribution >= 4 is 33.4 Å². The number of nitrogens with one attached hydrogen (secondary N) is 1. The molecule has 0 radical (unpaired) electrons. The van der Waals surface area contributed by atoms with Crippen molar-refractivity contribution in [3.63, 3.8) is 0 Å². The first-order chi connectivity index (χ1) is 10.6. The Morgan fingerprint density at radius 2 is 1.77 bits per heavy atom. The number of halogens is 1. The number of hydrogen-bond donors (Lipinski definition) is 1. The molecule has 0 aromatic heterocycles. The number of hydrogen-bond acceptors (Lipinski definition) is 3. The number of benzene rings is 1. The Kier molecular flexibility index (Phi) is 4.93. The molecular formula is C17H21BrN2O2. The number of rotatable bonds is 4. The van der Waals surface area contributed by atoms with Gasteiger partial charge >= 0.3 is 0 Å². The molecule has 2 fully saturated rings. The van der Waals surface area contributed by atoms with E-state index in [0.717, 1.165) is 11.0 Å². The lowest BCUT2D eigenvalue weighted by Crippen LogP contribution is -2.41. The molecule has 1 aliphatic heterocycles. The molecule has 1 saturated heterocycles. The zero-order valence-electron chi connectivity index (χ0n) is 12.6. The molecular weight excluding hydrogens is 344 g/mol. The smallest absolute Gasteiger partial charge is 0.251 e. The third-order valence-electron chi connectivity index (χ3n) is 4.61. The van der Waals surface area contributed by atoms with Gasteiger partial charge in [0.1, 0.15) is 0 Å². The van der Waals surface area contributed by atoms with Crippen molar-refractivity contribution < 1.29 is 9.59 Å². The minimum Gasteiger partial charge on any atom is -0.305 e. The van der Waals surface area contributed by atoms with Crippen molar-refractivity contribution in [2.45, 2.75) is 44.6 Å². The van der Waals surface area contributed by atoms with E-state index in [1.54, 1.807) is 12.1 Å². The minimum absolute atomic E-state index is 0.117. The number of nitrogens with zero attached hydrogens (tertiary/aromatic N) is 1. The van der Waals surface area contributed by atoms with Crippen molar-refractivity contribution in [2.75, 3.05) is 11.4 Å². The van der Waals surface area contributed by atoms with Crippen molar-refractivity contribution in [2.24, 2.45) is 5.92 Å². The summed E-state index contributed by atoms with van der Waals surface area (Å²) in [6.07, 6.45) is 6.64. The van der Waals surface area contributed by atoms with Crippen LogP contribution in [0.15, 0.2) is 28.7 Å². The molecule has 1 aromatic carbocycles. The first kappa shape index (κ1) is 15.7. The van der Waals surface area contributed by atoms with E-state index in [2.05, 4.69) is 21.2 Å². The lowest BCUT2D eigenvalue weighted by molar-refractivity contribution is -0.121. The summed E-state index contributed by atoms with van der Waals surface area (Å²) < 4.78 is 0.933. The summed E-state index contributed by atoms with van der Waals surface area (Å²) in [7, 11) is 0. The minimum atomic E-state index is -0.363. The highest BCUT2D eigenvalue weighted by Crippen LogP contribution is 2.26. The summed E-state index contributed by atoms with van der Waals surface area (Å²) in [5.74, 6) is 0.412. The van der Waals surface area contributed by atoms with Crippen LogP contribution in [0, 0.1) is 5.92 Å². The molecule has 3 rings (SSSR count). The second kappa shape index (κ2) is 6.92. The highest BCUT2D eigenvalue weighted by molar-refractivity contribution is 9.10. The van der Waals surface area contributed by atoms with Gasteiger partial charge in [-0.15, -0.1) is 0 Å². The molecule has 2 aliphatic rings. The molecule has 1 N–H and O–H groups in total. The number of amides is 2. The van der Waals surface area contributed by atoms with Crippen LogP contribution in [-0.2, 0) is 9.59 Å². The number of carbonyl (C=O) groups is 2. The van der Waals surface area contributed by atoms with Crippen LogP contribution in [0.2, 0.25) is 0 Å². The summed E-state index contributed by atoms with van der Waals surface area (Å²) in [5.41, 5.74) is 0.653. The summed E-state index contributed by atoms with van der Waals surface area (Å²) in [6.45, 7) is 0.845. The Balaban J connectivity index is 1.62. The van der Waals surface area contributed by atoms with Crippen LogP contribution < -0.4 is 10.2 Å². The van der Waals surface area contributed by atoms with Gasteiger partial charge in [-0.05, 0) is 49.6 Å². The van der Waals surface area contributed by atoms with Crippen LogP contribution in [0.1, 0.15) is 38.5 Å². The van der Waals surface area contributed by atoms with Crippen LogP contribution >= 0.6 is 15.9 Å². The van der Waals surface area contributed by atoms with Crippen LogP contribution in [0.5, 0.6) is 0 Å². The topological polar surface area (TPSA) is 49.4 Å². The van der Waals surface area contributed by atoms with Crippen molar-refractivity contribution in [3.8, 4) is 0 Å². The molecule has 22 heavy (non-hydrogen) atoms. The quantitative estimate of drug-likeness (QED) is 0.834. The predicted molar refractivity (Wildman–Crippen MR) is 89.6 cm³/mol. The van der Waals surface area contributed by atoms with Gasteiger partial charge in [0, 0.05) is 4.47 Å². The average Bonchev–Trinajstić information content (AvgIpc) is 2.82. The molecule has 1 saturated carbocycles. The lowest BCUT2D eigenvalue weighted by Gasteiger charge is -2.23. The highest BCUT2D eigenvalue weighted by atomic mass is 79.9. The molecule has 118 valence electrons. The third-order valence-corrected chi connectivity index (χ3v) is 5.14. The first-order valence-electron chi connectivity index (χ1n) is 8.01. The van der Waals surface area contributed by atoms with Crippen LogP contribution in [0.25, 0.3) is 0 Å². The summed E-state index contributed by atoms with van der Waals surface area (Å²) >= 11 is 3.36. The van der Waals surface area contributed by atoms with Gasteiger partial charge in [0.15, 0.2) is 0 Å². The Morgan fingerprint density at radius 1 is 1.09 bits per heavy atom. The van der Waals surface area contributed by atoms with E-state index in [1.807, 2.05) is 12.1 Å². The molecule has 5 heteroatoms. The van der Waals surface area contributed by atoms with E-state index in [4.69, 9.17) is 0 Å². The van der Waals surface area contributed by atoms with Gasteiger partial charge in [-0.25, -0.2) is 4.90 Å². The maximum absolute atomic E-state index is 12.5. The maximum atomic E-state index is 12.5. The SMILES string of the molecule is O=C1C[C@H](NCC2CCCCC2)C(=O)N1c1ccc(Br)cc1. The zero-order chi connectivity index (χ0) is 15.5. The van der Waals surface area contributed by atoms with Crippen LogP contribution in [0.3, 0.4) is 0 Å². The third kappa shape index (κ3) is 3.41. The highest BCUT2D eigenvalue weighted by Gasteiger charge is 2.39. The molecule has 0 bridgehead atoms. The molecule has 0 spiro atoms. The van der Waals surface area contributed by atoms with E-state index in [1.165, 1.54) is 37.0 Å². The fraction of sp³-hybridized carbons (Fsp3) is 0.529. The average molecular weight is 365 g/mol. The molecule has 1 aromatic rings. The zero-order valence-corrected chi connectivity index (χ0v) is 14.1. The van der Waals surface area contributed by atoms with Gasteiger partial charge in [0.25, 0.3) is 5.91 Å². The molecule has 0 unspecified atom stereocenters. The normalized spacial score (nSPS) is 23.3. The van der Waals surface area contributed by atoms with Crippen molar-refractivity contribution in [1.82, 2.24) is 5.32 Å². The Bertz CT molecular complexity index is 552. The standard InChI is InChI=1S/C17H21BrN2O2/c18-13-6-8-14(9-7-13)20-16(21)10-15(17(20)22)19-11-12-4-2-1-3-5-12/h6-9,12,15,19H,1-5,10-11H2/t15-/m0/s1. The van der Waals surface area contributed by atoms with E-state index in [-0.39, 0.29) is 24.3 Å². The van der Waals surface area contributed by atoms with Crippen LogP contribution in [-0.4, -0.2) is 24.4 Å². The predicted octanol–water partition coefficient (Wildman–Crippen LogP) is 3.25. The molecule has 2 amide bonds. The van der Waals surface area contributed by atoms with Gasteiger partial charge in [0.2, 0.25) is 5.91 Å². The monoisotopic (exact) mass is 364 g/mol. The molecule has 1 atom stereocenters. The van der Waals surface area contributed by atoms with Gasteiger partial charge in [-0.3, -0.25) is 9.59 Å². The fourth-order valence-corrected chi connectivity index (χ4v) is 3.62. The Hall–Kier alpha value is -1.20. The Morgan fingerprint density at radius 3 is 2.45 bits per heavy atom. The fourth-order valence-electron chi connectivity index (χ4n) is 3.35. The van der Waals surface area contributed by atoms with E-state index in [0.29, 0.717) is 11.6 Å². The number of carbonyl (C=O) groups excluding carboxylic acids is 2. The van der Waals surface area contributed by atoms with E-state index >= 15 is 0 Å². The van der Waals surface area contributed by atoms with Gasteiger partial charge < -0.3 is 5.32 Å². The maximum Gasteiger partial charge on any atom is 0.251 e. The summed E-state index contributed by atoms with van der Waals surface area (Å²) in [4.78, 5) is 26.0. The molecule has 1 heterocycles. The first-order valence-corrected chi connectivity index (χ1v) is 8.80. The molecule has 4 nitrogen and oxygen atoms in total. The van der Waals surface area contributed by atoms with Crippen molar-refractivity contribution in [1.29, 1.82) is 0 Å². The molecule has 1 aliphatic carbocycles. The summed E-state index contributed by atoms with van der Waals surface area (Å²) in [6, 6.07) is 6.92. The summed E-state index contributed by atoms with van der Waals surface area (Å²) in [5, 5.41) is 3.32. The van der Waals surface area contributed by atoms with E-state index < -0.39 is 0 Å². The van der Waals surface area contributed by atoms with Gasteiger partial charge in [-0.1, -0.05) is 35.2 Å².